The average molecular weight is 390 g/mol. The maximum Gasteiger partial charge on any atom is 0.147 e. The van der Waals surface area contributed by atoms with Gasteiger partial charge in [-0.15, -0.1) is 0 Å². The number of aliphatic imine (C=N–C) groups is 1. The molecular formula is C24H23FN2O2. The standard InChI is InChI=1S/C24H23FN2O2/c1-28-21-5-4-6-22(16-21)29-20-10-8-19(9-11-20)26-17-18-7-12-24(23(25)15-18)27-13-2-3-14-27/h4-12,15-17H,2-3,13-14H2,1H3. The highest BCUT2D eigenvalue weighted by Crippen LogP contribution is 2.27. The first kappa shape index (κ1) is 19.0. The van der Waals surface area contributed by atoms with Gasteiger partial charge >= 0.3 is 0 Å². The van der Waals surface area contributed by atoms with Crippen molar-refractivity contribution in [3.63, 3.8) is 0 Å². The van der Waals surface area contributed by atoms with E-state index in [0.717, 1.165) is 42.9 Å². The van der Waals surface area contributed by atoms with Crippen molar-refractivity contribution in [1.29, 1.82) is 0 Å². The Morgan fingerprint density at radius 3 is 2.38 bits per heavy atom. The third-order valence-electron chi connectivity index (χ3n) is 4.89. The minimum absolute atomic E-state index is 0.196. The van der Waals surface area contributed by atoms with Gasteiger partial charge in [-0.2, -0.15) is 0 Å². The zero-order chi connectivity index (χ0) is 20.1. The predicted molar refractivity (Wildman–Crippen MR) is 115 cm³/mol. The molecule has 148 valence electrons. The van der Waals surface area contributed by atoms with Crippen molar-refractivity contribution in [3.05, 3.63) is 78.1 Å². The first-order valence-electron chi connectivity index (χ1n) is 9.72. The Bertz CT molecular complexity index is 996. The fraction of sp³-hybridized carbons (Fsp3) is 0.208. The molecule has 1 heterocycles. The van der Waals surface area contributed by atoms with Gasteiger partial charge in [0.2, 0.25) is 0 Å². The lowest BCUT2D eigenvalue weighted by molar-refractivity contribution is 0.409. The molecule has 0 amide bonds. The van der Waals surface area contributed by atoms with Gasteiger partial charge in [0.1, 0.15) is 23.1 Å². The van der Waals surface area contributed by atoms with Crippen LogP contribution in [0.3, 0.4) is 0 Å². The molecule has 0 saturated carbocycles. The molecule has 1 aliphatic rings. The number of methoxy groups -OCH3 is 1. The topological polar surface area (TPSA) is 34.1 Å². The van der Waals surface area contributed by atoms with Crippen molar-refractivity contribution in [3.8, 4) is 17.2 Å². The van der Waals surface area contributed by atoms with Gasteiger partial charge in [-0.1, -0.05) is 12.1 Å². The Morgan fingerprint density at radius 1 is 0.897 bits per heavy atom. The maximum atomic E-state index is 14.4. The third-order valence-corrected chi connectivity index (χ3v) is 4.89. The molecule has 0 bridgehead atoms. The van der Waals surface area contributed by atoms with Crippen molar-refractivity contribution < 1.29 is 13.9 Å². The van der Waals surface area contributed by atoms with E-state index in [2.05, 4.69) is 9.89 Å². The molecule has 0 radical (unpaired) electrons. The normalized spacial score (nSPS) is 13.8. The van der Waals surface area contributed by atoms with E-state index in [0.29, 0.717) is 17.2 Å². The summed E-state index contributed by atoms with van der Waals surface area (Å²) in [5.41, 5.74) is 2.19. The van der Waals surface area contributed by atoms with Crippen LogP contribution in [0.2, 0.25) is 0 Å². The minimum Gasteiger partial charge on any atom is -0.497 e. The molecule has 1 saturated heterocycles. The molecule has 1 fully saturated rings. The van der Waals surface area contributed by atoms with E-state index >= 15 is 0 Å². The average Bonchev–Trinajstić information content (AvgIpc) is 3.28. The van der Waals surface area contributed by atoms with Gasteiger partial charge in [0, 0.05) is 25.4 Å². The van der Waals surface area contributed by atoms with Crippen LogP contribution in [0.15, 0.2) is 71.7 Å². The van der Waals surface area contributed by atoms with Gasteiger partial charge in [0.05, 0.1) is 18.5 Å². The van der Waals surface area contributed by atoms with Crippen molar-refractivity contribution in [1.82, 2.24) is 0 Å². The van der Waals surface area contributed by atoms with Crippen molar-refractivity contribution in [2.24, 2.45) is 4.99 Å². The van der Waals surface area contributed by atoms with E-state index in [1.165, 1.54) is 6.07 Å². The molecular weight excluding hydrogens is 367 g/mol. The van der Waals surface area contributed by atoms with Crippen LogP contribution in [0.1, 0.15) is 18.4 Å². The molecule has 3 aromatic rings. The number of ether oxygens (including phenoxy) is 2. The van der Waals surface area contributed by atoms with Crippen molar-refractivity contribution >= 4 is 17.6 Å². The van der Waals surface area contributed by atoms with Crippen LogP contribution in [-0.2, 0) is 0 Å². The van der Waals surface area contributed by atoms with Gasteiger partial charge in [0.15, 0.2) is 0 Å². The van der Waals surface area contributed by atoms with Crippen molar-refractivity contribution in [2.75, 3.05) is 25.1 Å². The summed E-state index contributed by atoms with van der Waals surface area (Å²) in [6, 6.07) is 20.1. The molecule has 1 aliphatic heterocycles. The number of benzene rings is 3. The summed E-state index contributed by atoms with van der Waals surface area (Å²) in [5.74, 6) is 1.96. The molecule has 4 rings (SSSR count). The summed E-state index contributed by atoms with van der Waals surface area (Å²) in [4.78, 5) is 6.53. The predicted octanol–water partition coefficient (Wildman–Crippen LogP) is 5.98. The molecule has 29 heavy (non-hydrogen) atoms. The minimum atomic E-state index is -0.196. The van der Waals surface area contributed by atoms with E-state index in [9.17, 15) is 4.39 Å². The molecule has 0 spiro atoms. The van der Waals surface area contributed by atoms with Crippen LogP contribution in [0, 0.1) is 5.82 Å². The molecule has 0 N–H and O–H groups in total. The van der Waals surface area contributed by atoms with Gasteiger partial charge in [-0.05, 0) is 66.9 Å². The highest BCUT2D eigenvalue weighted by Gasteiger charge is 2.15. The lowest BCUT2D eigenvalue weighted by atomic mass is 10.2. The van der Waals surface area contributed by atoms with Gasteiger partial charge < -0.3 is 14.4 Å². The van der Waals surface area contributed by atoms with E-state index in [4.69, 9.17) is 9.47 Å². The zero-order valence-electron chi connectivity index (χ0n) is 16.3. The van der Waals surface area contributed by atoms with Gasteiger partial charge in [0.25, 0.3) is 0 Å². The van der Waals surface area contributed by atoms with Crippen LogP contribution in [-0.4, -0.2) is 26.4 Å². The van der Waals surface area contributed by atoms with Crippen LogP contribution in [0.4, 0.5) is 15.8 Å². The first-order chi connectivity index (χ1) is 14.2. The summed E-state index contributed by atoms with van der Waals surface area (Å²) in [5, 5.41) is 0. The van der Waals surface area contributed by atoms with Crippen LogP contribution >= 0.6 is 0 Å². The second kappa shape index (κ2) is 8.78. The summed E-state index contributed by atoms with van der Waals surface area (Å²) in [6.45, 7) is 1.85. The van der Waals surface area contributed by atoms with E-state index in [-0.39, 0.29) is 5.82 Å². The zero-order valence-corrected chi connectivity index (χ0v) is 16.3. The Kier molecular flexibility index (Phi) is 5.75. The second-order valence-electron chi connectivity index (χ2n) is 6.94. The SMILES string of the molecule is COc1cccc(Oc2ccc(N=Cc3ccc(N4CCCC4)c(F)c3)cc2)c1. The summed E-state index contributed by atoms with van der Waals surface area (Å²) in [7, 11) is 1.62. The third kappa shape index (κ3) is 4.74. The number of hydrogen-bond acceptors (Lipinski definition) is 4. The molecule has 0 atom stereocenters. The Labute approximate surface area is 170 Å². The second-order valence-corrected chi connectivity index (χ2v) is 6.94. The monoisotopic (exact) mass is 390 g/mol. The highest BCUT2D eigenvalue weighted by molar-refractivity contribution is 5.82. The number of halogens is 1. The molecule has 0 unspecified atom stereocenters. The summed E-state index contributed by atoms with van der Waals surface area (Å²) < 4.78 is 25.4. The molecule has 3 aromatic carbocycles. The number of rotatable bonds is 6. The highest BCUT2D eigenvalue weighted by atomic mass is 19.1. The summed E-state index contributed by atoms with van der Waals surface area (Å²) >= 11 is 0. The van der Waals surface area contributed by atoms with Gasteiger partial charge in [-0.25, -0.2) is 4.39 Å². The fourth-order valence-corrected chi connectivity index (χ4v) is 3.37. The molecule has 4 nitrogen and oxygen atoms in total. The molecule has 5 heteroatoms. The van der Waals surface area contributed by atoms with Gasteiger partial charge in [-0.3, -0.25) is 4.99 Å². The molecule has 0 aliphatic carbocycles. The number of hydrogen-bond donors (Lipinski definition) is 0. The quantitative estimate of drug-likeness (QED) is 0.486. The van der Waals surface area contributed by atoms with E-state index < -0.39 is 0 Å². The van der Waals surface area contributed by atoms with Crippen molar-refractivity contribution in [2.45, 2.75) is 12.8 Å². The lowest BCUT2D eigenvalue weighted by Crippen LogP contribution is -2.18. The Morgan fingerprint density at radius 2 is 1.66 bits per heavy atom. The maximum absolute atomic E-state index is 14.4. The van der Waals surface area contributed by atoms with Crippen LogP contribution in [0.5, 0.6) is 17.2 Å². The van der Waals surface area contributed by atoms with Crippen LogP contribution < -0.4 is 14.4 Å². The molecule has 0 aromatic heterocycles. The first-order valence-corrected chi connectivity index (χ1v) is 9.72. The smallest absolute Gasteiger partial charge is 0.147 e. The lowest BCUT2D eigenvalue weighted by Gasteiger charge is -2.18. The Hall–Kier alpha value is -3.34. The summed E-state index contributed by atoms with van der Waals surface area (Å²) in [6.07, 6.45) is 3.93. The number of anilines is 1. The van der Waals surface area contributed by atoms with E-state index in [1.807, 2.05) is 60.7 Å². The number of nitrogens with zero attached hydrogens (tertiary/aromatic N) is 2. The van der Waals surface area contributed by atoms with E-state index in [1.54, 1.807) is 13.3 Å². The Balaban J connectivity index is 1.41. The van der Waals surface area contributed by atoms with Crippen LogP contribution in [0.25, 0.3) is 0 Å². The largest absolute Gasteiger partial charge is 0.497 e. The fourth-order valence-electron chi connectivity index (χ4n) is 3.37.